The van der Waals surface area contributed by atoms with Crippen LogP contribution >= 0.6 is 15.9 Å². The maximum atomic E-state index is 14.5. The Morgan fingerprint density at radius 3 is 2.64 bits per heavy atom. The molecule has 1 aliphatic rings. The summed E-state index contributed by atoms with van der Waals surface area (Å²) in [5, 5.41) is 0.429. The molecule has 0 atom stereocenters. The standard InChI is InChI=1S/C16H21BrFNO3/c1-16(2,3)22-15(20)19-6-5-11-12(9-19)13(21-4)7-10(8-17)14(11)18/h7H,5-6,8-9H2,1-4H3. The Labute approximate surface area is 138 Å². The second-order valence-corrected chi connectivity index (χ2v) is 6.86. The van der Waals surface area contributed by atoms with E-state index in [9.17, 15) is 9.18 Å². The van der Waals surface area contributed by atoms with Crippen molar-refractivity contribution < 1.29 is 18.7 Å². The first-order chi connectivity index (χ1) is 10.3. The second-order valence-electron chi connectivity index (χ2n) is 6.29. The summed E-state index contributed by atoms with van der Waals surface area (Å²) in [6, 6.07) is 1.68. The lowest BCUT2D eigenvalue weighted by Crippen LogP contribution is -2.40. The average molecular weight is 374 g/mol. The third kappa shape index (κ3) is 3.54. The molecule has 0 spiro atoms. The molecule has 0 aromatic heterocycles. The number of carbonyl (C=O) groups is 1. The number of halogens is 2. The highest BCUT2D eigenvalue weighted by Gasteiger charge is 2.29. The van der Waals surface area contributed by atoms with Crippen LogP contribution in [-0.4, -0.2) is 30.2 Å². The Morgan fingerprint density at radius 2 is 2.09 bits per heavy atom. The zero-order valence-electron chi connectivity index (χ0n) is 13.3. The van der Waals surface area contributed by atoms with Crippen LogP contribution < -0.4 is 4.74 Å². The molecule has 0 saturated carbocycles. The summed E-state index contributed by atoms with van der Waals surface area (Å²) in [4.78, 5) is 13.8. The van der Waals surface area contributed by atoms with Gasteiger partial charge in [0.25, 0.3) is 0 Å². The van der Waals surface area contributed by atoms with Crippen molar-refractivity contribution in [2.45, 2.75) is 44.7 Å². The Hall–Kier alpha value is -1.30. The van der Waals surface area contributed by atoms with Crippen molar-refractivity contribution >= 4 is 22.0 Å². The molecule has 1 aromatic carbocycles. The summed E-state index contributed by atoms with van der Waals surface area (Å²) < 4.78 is 25.2. The molecular weight excluding hydrogens is 353 g/mol. The van der Waals surface area contributed by atoms with Crippen molar-refractivity contribution in [2.24, 2.45) is 0 Å². The van der Waals surface area contributed by atoms with Gasteiger partial charge in [0.1, 0.15) is 17.2 Å². The molecule has 1 amide bonds. The van der Waals surface area contributed by atoms with E-state index in [4.69, 9.17) is 9.47 Å². The van der Waals surface area contributed by atoms with Crippen molar-refractivity contribution in [3.05, 3.63) is 28.6 Å². The van der Waals surface area contributed by atoms with Gasteiger partial charge in [0.05, 0.1) is 13.7 Å². The van der Waals surface area contributed by atoms with Gasteiger partial charge in [-0.1, -0.05) is 15.9 Å². The monoisotopic (exact) mass is 373 g/mol. The molecule has 22 heavy (non-hydrogen) atoms. The topological polar surface area (TPSA) is 38.8 Å². The van der Waals surface area contributed by atoms with Gasteiger partial charge in [-0.2, -0.15) is 0 Å². The van der Waals surface area contributed by atoms with Gasteiger partial charge in [0, 0.05) is 23.0 Å². The number of amides is 1. The quantitative estimate of drug-likeness (QED) is 0.734. The number of hydrogen-bond donors (Lipinski definition) is 0. The lowest BCUT2D eigenvalue weighted by atomic mass is 9.96. The Balaban J connectivity index is 2.30. The first kappa shape index (κ1) is 17.1. The van der Waals surface area contributed by atoms with Gasteiger partial charge >= 0.3 is 6.09 Å². The van der Waals surface area contributed by atoms with Crippen molar-refractivity contribution in [1.29, 1.82) is 0 Å². The first-order valence-electron chi connectivity index (χ1n) is 7.18. The lowest BCUT2D eigenvalue weighted by Gasteiger charge is -2.32. The van der Waals surface area contributed by atoms with Gasteiger partial charge in [-0.05, 0) is 38.8 Å². The molecule has 0 fully saturated rings. The number of alkyl halides is 1. The Morgan fingerprint density at radius 1 is 1.41 bits per heavy atom. The van der Waals surface area contributed by atoms with Crippen LogP contribution in [0.3, 0.4) is 0 Å². The average Bonchev–Trinajstić information content (AvgIpc) is 2.45. The molecule has 1 heterocycles. The maximum Gasteiger partial charge on any atom is 0.410 e. The van der Waals surface area contributed by atoms with Crippen molar-refractivity contribution in [3.8, 4) is 5.75 Å². The molecular formula is C16H21BrFNO3. The molecule has 0 bridgehead atoms. The van der Waals surface area contributed by atoms with Gasteiger partial charge in [0.15, 0.2) is 0 Å². The van der Waals surface area contributed by atoms with Crippen LogP contribution in [0.15, 0.2) is 6.07 Å². The molecule has 2 rings (SSSR count). The number of methoxy groups -OCH3 is 1. The van der Waals surface area contributed by atoms with Crippen molar-refractivity contribution in [2.75, 3.05) is 13.7 Å². The Bertz CT molecular complexity index is 584. The van der Waals surface area contributed by atoms with Crippen LogP contribution in [0.5, 0.6) is 5.75 Å². The fraction of sp³-hybridized carbons (Fsp3) is 0.562. The second kappa shape index (κ2) is 6.44. The number of benzene rings is 1. The normalized spacial score (nSPS) is 14.5. The van der Waals surface area contributed by atoms with E-state index in [1.54, 1.807) is 18.1 Å². The van der Waals surface area contributed by atoms with Crippen LogP contribution in [0.2, 0.25) is 0 Å². The highest BCUT2D eigenvalue weighted by atomic mass is 79.9. The third-order valence-electron chi connectivity index (χ3n) is 3.51. The number of rotatable bonds is 2. The Kier molecular flexibility index (Phi) is 5.00. The maximum absolute atomic E-state index is 14.5. The summed E-state index contributed by atoms with van der Waals surface area (Å²) in [6.45, 7) is 6.21. The van der Waals surface area contributed by atoms with E-state index in [1.807, 2.05) is 20.8 Å². The number of nitrogens with zero attached hydrogens (tertiary/aromatic N) is 1. The fourth-order valence-corrected chi connectivity index (χ4v) is 2.90. The molecule has 0 saturated heterocycles. The number of fused-ring (bicyclic) bond motifs is 1. The largest absolute Gasteiger partial charge is 0.496 e. The molecule has 0 radical (unpaired) electrons. The van der Waals surface area contributed by atoms with E-state index in [0.29, 0.717) is 41.7 Å². The number of carbonyl (C=O) groups excluding carboxylic acids is 1. The van der Waals surface area contributed by atoms with Crippen molar-refractivity contribution in [3.63, 3.8) is 0 Å². The highest BCUT2D eigenvalue weighted by molar-refractivity contribution is 9.08. The molecule has 122 valence electrons. The molecule has 0 unspecified atom stereocenters. The first-order valence-corrected chi connectivity index (χ1v) is 8.30. The predicted molar refractivity (Wildman–Crippen MR) is 85.9 cm³/mol. The highest BCUT2D eigenvalue weighted by Crippen LogP contribution is 2.33. The number of hydrogen-bond acceptors (Lipinski definition) is 3. The van der Waals surface area contributed by atoms with Crippen LogP contribution in [0.4, 0.5) is 9.18 Å². The van der Waals surface area contributed by atoms with Gasteiger partial charge < -0.3 is 14.4 Å². The minimum atomic E-state index is -0.549. The number of ether oxygens (including phenoxy) is 2. The van der Waals surface area contributed by atoms with E-state index >= 15 is 0 Å². The third-order valence-corrected chi connectivity index (χ3v) is 4.11. The molecule has 1 aromatic rings. The molecule has 0 N–H and O–H groups in total. The van der Waals surface area contributed by atoms with Crippen molar-refractivity contribution in [1.82, 2.24) is 4.90 Å². The summed E-state index contributed by atoms with van der Waals surface area (Å²) in [5.74, 6) is 0.399. The summed E-state index contributed by atoms with van der Waals surface area (Å²) in [5.41, 5.74) is 1.38. The van der Waals surface area contributed by atoms with Gasteiger partial charge in [-0.3, -0.25) is 0 Å². The van der Waals surface area contributed by atoms with Crippen LogP contribution in [-0.2, 0) is 23.0 Å². The molecule has 6 heteroatoms. The smallest absolute Gasteiger partial charge is 0.410 e. The summed E-state index contributed by atoms with van der Waals surface area (Å²) in [6.07, 6.45) is 0.0719. The minimum Gasteiger partial charge on any atom is -0.496 e. The van der Waals surface area contributed by atoms with Gasteiger partial charge in [-0.25, -0.2) is 9.18 Å². The van der Waals surface area contributed by atoms with Crippen LogP contribution in [0, 0.1) is 5.82 Å². The summed E-state index contributed by atoms with van der Waals surface area (Å²) >= 11 is 3.29. The van der Waals surface area contributed by atoms with E-state index in [0.717, 1.165) is 5.56 Å². The van der Waals surface area contributed by atoms with E-state index in [2.05, 4.69) is 15.9 Å². The molecule has 4 nitrogen and oxygen atoms in total. The van der Waals surface area contributed by atoms with Crippen LogP contribution in [0.25, 0.3) is 0 Å². The van der Waals surface area contributed by atoms with Gasteiger partial charge in [-0.15, -0.1) is 0 Å². The molecule has 0 aliphatic carbocycles. The molecule has 1 aliphatic heterocycles. The van der Waals surface area contributed by atoms with Crippen LogP contribution in [0.1, 0.15) is 37.5 Å². The SMILES string of the molecule is COc1cc(CBr)c(F)c2c1CN(C(=O)OC(C)(C)C)CC2. The minimum absolute atomic E-state index is 0.212. The lowest BCUT2D eigenvalue weighted by molar-refractivity contribution is 0.0221. The van der Waals surface area contributed by atoms with E-state index in [1.165, 1.54) is 0 Å². The summed E-state index contributed by atoms with van der Waals surface area (Å²) in [7, 11) is 1.55. The van der Waals surface area contributed by atoms with E-state index < -0.39 is 5.60 Å². The van der Waals surface area contributed by atoms with Gasteiger partial charge in [0.2, 0.25) is 0 Å². The predicted octanol–water partition coefficient (Wildman–Crippen LogP) is 4.02. The zero-order chi connectivity index (χ0) is 16.5. The van der Waals surface area contributed by atoms with E-state index in [-0.39, 0.29) is 11.9 Å². The fourth-order valence-electron chi connectivity index (χ4n) is 2.50. The zero-order valence-corrected chi connectivity index (χ0v) is 14.9.